The molecule has 2 N–H and O–H groups in total. The van der Waals surface area contributed by atoms with Gasteiger partial charge in [-0.2, -0.15) is 0 Å². The van der Waals surface area contributed by atoms with E-state index in [4.69, 9.17) is 17.0 Å². The number of thiocarbonyl (C=S) groups is 1. The van der Waals surface area contributed by atoms with Crippen molar-refractivity contribution in [2.45, 2.75) is 6.92 Å². The minimum atomic E-state index is 0.601. The Balaban J connectivity index is 2.02. The molecule has 0 radical (unpaired) electrons. The molecule has 0 unspecified atom stereocenters. The lowest BCUT2D eigenvalue weighted by Gasteiger charge is -2.29. The Bertz CT molecular complexity index is 407. The van der Waals surface area contributed by atoms with Gasteiger partial charge in [-0.1, -0.05) is 0 Å². The molecule has 6 heteroatoms. The van der Waals surface area contributed by atoms with Crippen molar-refractivity contribution in [2.24, 2.45) is 0 Å². The largest absolute Gasteiger partial charge is 0.378 e. The van der Waals surface area contributed by atoms with Crippen molar-refractivity contribution < 1.29 is 4.74 Å². The van der Waals surface area contributed by atoms with Crippen molar-refractivity contribution in [1.29, 1.82) is 0 Å². The Hall–Kier alpha value is -1.40. The van der Waals surface area contributed by atoms with Crippen LogP contribution in [-0.4, -0.2) is 42.9 Å². The zero-order valence-corrected chi connectivity index (χ0v) is 11.3. The number of anilines is 2. The number of hydrogen-bond donors (Lipinski definition) is 2. The third-order valence-corrected chi connectivity index (χ3v) is 2.95. The zero-order valence-electron chi connectivity index (χ0n) is 10.5. The van der Waals surface area contributed by atoms with Crippen LogP contribution in [0.3, 0.4) is 0 Å². The topological polar surface area (TPSA) is 49.4 Å². The van der Waals surface area contributed by atoms with Gasteiger partial charge < -0.3 is 20.3 Å². The van der Waals surface area contributed by atoms with E-state index in [1.807, 2.05) is 19.1 Å². The molecule has 0 aromatic carbocycles. The van der Waals surface area contributed by atoms with Crippen LogP contribution >= 0.6 is 12.2 Å². The lowest BCUT2D eigenvalue weighted by atomic mass is 10.3. The van der Waals surface area contributed by atoms with Crippen LogP contribution in [-0.2, 0) is 4.74 Å². The summed E-state index contributed by atoms with van der Waals surface area (Å²) in [5.74, 6) is 0.768. The van der Waals surface area contributed by atoms with Gasteiger partial charge in [-0.3, -0.25) is 0 Å². The molecule has 1 fully saturated rings. The standard InChI is InChI=1S/C12H18N4OS/c1-2-13-12(18)15-11-9-10(3-4-14-11)16-5-7-17-8-6-16/h3-4,9H,2,5-8H2,1H3,(H2,13,14,15,18). The van der Waals surface area contributed by atoms with Crippen LogP contribution < -0.4 is 15.5 Å². The number of nitrogens with one attached hydrogen (secondary N) is 2. The second-order valence-electron chi connectivity index (χ2n) is 3.98. The highest BCUT2D eigenvalue weighted by atomic mass is 32.1. The van der Waals surface area contributed by atoms with E-state index < -0.39 is 0 Å². The summed E-state index contributed by atoms with van der Waals surface area (Å²) in [6, 6.07) is 4.02. The second-order valence-corrected chi connectivity index (χ2v) is 4.39. The van der Waals surface area contributed by atoms with E-state index >= 15 is 0 Å². The molecule has 98 valence electrons. The smallest absolute Gasteiger partial charge is 0.171 e. The van der Waals surface area contributed by atoms with Gasteiger partial charge in [0.25, 0.3) is 0 Å². The van der Waals surface area contributed by atoms with Crippen molar-refractivity contribution in [3.05, 3.63) is 18.3 Å². The van der Waals surface area contributed by atoms with Crippen LogP contribution in [0.5, 0.6) is 0 Å². The van der Waals surface area contributed by atoms with Gasteiger partial charge >= 0.3 is 0 Å². The first-order chi connectivity index (χ1) is 8.79. The van der Waals surface area contributed by atoms with Gasteiger partial charge in [-0.05, 0) is 25.2 Å². The highest BCUT2D eigenvalue weighted by Gasteiger charge is 2.11. The average Bonchev–Trinajstić information content (AvgIpc) is 2.40. The fraction of sp³-hybridized carbons (Fsp3) is 0.500. The van der Waals surface area contributed by atoms with E-state index in [9.17, 15) is 0 Å². The van der Waals surface area contributed by atoms with Gasteiger partial charge in [0, 0.05) is 37.6 Å². The Morgan fingerprint density at radius 2 is 2.28 bits per heavy atom. The summed E-state index contributed by atoms with van der Waals surface area (Å²) in [4.78, 5) is 6.54. The molecule has 2 rings (SSSR count). The molecule has 1 aliphatic rings. The molecule has 0 bridgehead atoms. The van der Waals surface area contributed by atoms with Crippen molar-refractivity contribution in [2.75, 3.05) is 43.1 Å². The number of aromatic nitrogens is 1. The Morgan fingerprint density at radius 3 is 3.00 bits per heavy atom. The summed E-state index contributed by atoms with van der Waals surface area (Å²) in [6.45, 7) is 6.20. The van der Waals surface area contributed by atoms with Crippen molar-refractivity contribution >= 4 is 28.8 Å². The summed E-state index contributed by atoms with van der Waals surface area (Å²) >= 11 is 5.14. The molecule has 0 aliphatic carbocycles. The summed E-state index contributed by atoms with van der Waals surface area (Å²) in [6.07, 6.45) is 1.79. The molecular weight excluding hydrogens is 248 g/mol. The number of nitrogens with zero attached hydrogens (tertiary/aromatic N) is 2. The van der Waals surface area contributed by atoms with Gasteiger partial charge in [0.2, 0.25) is 0 Å². The highest BCUT2D eigenvalue weighted by molar-refractivity contribution is 7.80. The molecule has 2 heterocycles. The van der Waals surface area contributed by atoms with E-state index in [1.165, 1.54) is 0 Å². The van der Waals surface area contributed by atoms with Crippen LogP contribution in [0.4, 0.5) is 11.5 Å². The predicted octanol–water partition coefficient (Wildman–Crippen LogP) is 1.22. The molecule has 1 aromatic heterocycles. The van der Waals surface area contributed by atoms with E-state index in [0.717, 1.165) is 44.4 Å². The van der Waals surface area contributed by atoms with Crippen LogP contribution in [0.2, 0.25) is 0 Å². The van der Waals surface area contributed by atoms with Crippen LogP contribution in [0, 0.1) is 0 Å². The van der Waals surface area contributed by atoms with Gasteiger partial charge in [0.05, 0.1) is 13.2 Å². The summed E-state index contributed by atoms with van der Waals surface area (Å²) < 4.78 is 5.34. The molecule has 0 atom stereocenters. The third kappa shape index (κ3) is 3.54. The first kappa shape index (κ1) is 13.0. The molecule has 1 aliphatic heterocycles. The van der Waals surface area contributed by atoms with E-state index in [0.29, 0.717) is 5.11 Å². The van der Waals surface area contributed by atoms with Gasteiger partial charge in [-0.15, -0.1) is 0 Å². The highest BCUT2D eigenvalue weighted by Crippen LogP contribution is 2.18. The SMILES string of the molecule is CCNC(=S)Nc1cc(N2CCOCC2)ccn1. The Labute approximate surface area is 113 Å². The molecule has 0 saturated carbocycles. The quantitative estimate of drug-likeness (QED) is 0.802. The van der Waals surface area contributed by atoms with Crippen molar-refractivity contribution in [3.63, 3.8) is 0 Å². The van der Waals surface area contributed by atoms with E-state index in [1.54, 1.807) is 6.20 Å². The first-order valence-corrected chi connectivity index (χ1v) is 6.54. The van der Waals surface area contributed by atoms with Gasteiger partial charge in [0.1, 0.15) is 5.82 Å². The van der Waals surface area contributed by atoms with E-state index in [2.05, 4.69) is 20.5 Å². The number of rotatable bonds is 3. The van der Waals surface area contributed by atoms with Crippen LogP contribution in [0.25, 0.3) is 0 Å². The number of pyridine rings is 1. The minimum absolute atomic E-state index is 0.601. The predicted molar refractivity (Wildman–Crippen MR) is 77.2 cm³/mol. The molecule has 0 spiro atoms. The maximum Gasteiger partial charge on any atom is 0.171 e. The Morgan fingerprint density at radius 1 is 1.50 bits per heavy atom. The fourth-order valence-electron chi connectivity index (χ4n) is 1.83. The summed E-state index contributed by atoms with van der Waals surface area (Å²) in [5.41, 5.74) is 1.15. The van der Waals surface area contributed by atoms with E-state index in [-0.39, 0.29) is 0 Å². The maximum absolute atomic E-state index is 5.34. The number of hydrogen-bond acceptors (Lipinski definition) is 4. The zero-order chi connectivity index (χ0) is 12.8. The first-order valence-electron chi connectivity index (χ1n) is 6.13. The minimum Gasteiger partial charge on any atom is -0.378 e. The monoisotopic (exact) mass is 266 g/mol. The van der Waals surface area contributed by atoms with Crippen molar-refractivity contribution in [1.82, 2.24) is 10.3 Å². The molecule has 5 nitrogen and oxygen atoms in total. The molecule has 0 amide bonds. The molecule has 1 saturated heterocycles. The fourth-order valence-corrected chi connectivity index (χ4v) is 2.08. The lowest BCUT2D eigenvalue weighted by molar-refractivity contribution is 0.122. The lowest BCUT2D eigenvalue weighted by Crippen LogP contribution is -2.36. The average molecular weight is 266 g/mol. The maximum atomic E-state index is 5.34. The molecule has 18 heavy (non-hydrogen) atoms. The molecular formula is C12H18N4OS. The third-order valence-electron chi connectivity index (χ3n) is 2.70. The summed E-state index contributed by atoms with van der Waals surface area (Å²) in [5, 5.41) is 6.71. The van der Waals surface area contributed by atoms with Gasteiger partial charge in [0.15, 0.2) is 5.11 Å². The summed E-state index contributed by atoms with van der Waals surface area (Å²) in [7, 11) is 0. The number of morpholine rings is 1. The van der Waals surface area contributed by atoms with Gasteiger partial charge in [-0.25, -0.2) is 4.98 Å². The number of ether oxygens (including phenoxy) is 1. The van der Waals surface area contributed by atoms with Crippen LogP contribution in [0.1, 0.15) is 6.92 Å². The second kappa shape index (κ2) is 6.51. The molecule has 1 aromatic rings. The van der Waals surface area contributed by atoms with Crippen molar-refractivity contribution in [3.8, 4) is 0 Å². The Kier molecular flexibility index (Phi) is 4.72. The van der Waals surface area contributed by atoms with Crippen LogP contribution in [0.15, 0.2) is 18.3 Å². The normalized spacial score (nSPS) is 15.3.